The first-order valence-electron chi connectivity index (χ1n) is 8.83. The van der Waals surface area contributed by atoms with Crippen LogP contribution in [0.15, 0.2) is 40.6 Å². The summed E-state index contributed by atoms with van der Waals surface area (Å²) in [5.41, 5.74) is 1.45. The molecule has 0 bridgehead atoms. The minimum atomic E-state index is -3.70. The van der Waals surface area contributed by atoms with Crippen LogP contribution in [0, 0.1) is 6.92 Å². The molecule has 140 valence electrons. The van der Waals surface area contributed by atoms with Crippen LogP contribution in [0.25, 0.3) is 0 Å². The fraction of sp³-hybridized carbons (Fsp3) is 0.421. The average Bonchev–Trinajstić information content (AvgIpc) is 2.95. The molecule has 0 aliphatic carbocycles. The summed E-state index contributed by atoms with van der Waals surface area (Å²) in [4.78, 5) is 15.5. The number of sulfonamides is 1. The Balaban J connectivity index is 1.89. The van der Waals surface area contributed by atoms with Gasteiger partial charge in [0.1, 0.15) is 4.88 Å². The molecule has 3 rings (SSSR count). The monoisotopic (exact) mass is 392 g/mol. The highest BCUT2D eigenvalue weighted by molar-refractivity contribution is 7.92. The maximum Gasteiger partial charge on any atom is 0.266 e. The Hall–Kier alpha value is -1.86. The Labute approximate surface area is 159 Å². The molecule has 7 heteroatoms. The quantitative estimate of drug-likeness (QED) is 0.793. The zero-order chi connectivity index (χ0) is 18.7. The summed E-state index contributed by atoms with van der Waals surface area (Å²) in [5, 5.41) is 1.78. The van der Waals surface area contributed by atoms with Crippen LogP contribution in [-0.4, -0.2) is 39.4 Å². The van der Waals surface area contributed by atoms with E-state index < -0.39 is 10.0 Å². The van der Waals surface area contributed by atoms with Gasteiger partial charge in [-0.15, -0.1) is 11.3 Å². The van der Waals surface area contributed by atoms with Crippen LogP contribution in [0.5, 0.6) is 0 Å². The van der Waals surface area contributed by atoms with E-state index in [4.69, 9.17) is 0 Å². The zero-order valence-corrected chi connectivity index (χ0v) is 16.8. The summed E-state index contributed by atoms with van der Waals surface area (Å²) in [5.74, 6) is -0.0668. The molecule has 26 heavy (non-hydrogen) atoms. The number of aryl methyl sites for hydroxylation is 1. The van der Waals surface area contributed by atoms with E-state index in [2.05, 4.69) is 0 Å². The lowest BCUT2D eigenvalue weighted by atomic mass is 10.2. The van der Waals surface area contributed by atoms with E-state index in [-0.39, 0.29) is 10.8 Å². The molecule has 1 amide bonds. The third kappa shape index (κ3) is 3.78. The lowest BCUT2D eigenvalue weighted by Gasteiger charge is -2.23. The van der Waals surface area contributed by atoms with Gasteiger partial charge in [0.25, 0.3) is 15.9 Å². The molecular weight excluding hydrogens is 368 g/mol. The normalized spacial score (nSPS) is 15.5. The number of amides is 1. The minimum Gasteiger partial charge on any atom is -0.338 e. The fourth-order valence-corrected chi connectivity index (χ4v) is 5.28. The van der Waals surface area contributed by atoms with Gasteiger partial charge in [-0.1, -0.05) is 30.5 Å². The summed E-state index contributed by atoms with van der Waals surface area (Å²) >= 11 is 1.30. The number of rotatable bonds is 4. The van der Waals surface area contributed by atoms with Crippen LogP contribution >= 0.6 is 11.3 Å². The second-order valence-electron chi connectivity index (χ2n) is 6.63. The van der Waals surface area contributed by atoms with Crippen LogP contribution in [0.4, 0.5) is 5.69 Å². The number of carbonyl (C=O) groups excluding carboxylic acids is 1. The molecule has 1 saturated heterocycles. The Morgan fingerprint density at radius 1 is 1.04 bits per heavy atom. The van der Waals surface area contributed by atoms with Crippen molar-refractivity contribution >= 4 is 33.0 Å². The van der Waals surface area contributed by atoms with Crippen molar-refractivity contribution in [3.05, 3.63) is 46.2 Å². The van der Waals surface area contributed by atoms with Crippen molar-refractivity contribution in [3.63, 3.8) is 0 Å². The summed E-state index contributed by atoms with van der Waals surface area (Å²) in [6, 6.07) is 8.46. The van der Waals surface area contributed by atoms with E-state index in [9.17, 15) is 13.2 Å². The molecule has 0 spiro atoms. The van der Waals surface area contributed by atoms with Gasteiger partial charge in [-0.3, -0.25) is 9.10 Å². The average molecular weight is 393 g/mol. The van der Waals surface area contributed by atoms with Gasteiger partial charge < -0.3 is 4.90 Å². The highest BCUT2D eigenvalue weighted by Crippen LogP contribution is 2.31. The van der Waals surface area contributed by atoms with Crippen LogP contribution < -0.4 is 4.31 Å². The van der Waals surface area contributed by atoms with Crippen molar-refractivity contribution in [1.82, 2.24) is 4.90 Å². The number of anilines is 1. The SMILES string of the molecule is Cc1ccc(S(=O)(=O)N(C)c2ccsc2C(=O)N2CCCCCC2)cc1. The molecule has 0 atom stereocenters. The van der Waals surface area contributed by atoms with Gasteiger partial charge in [-0.2, -0.15) is 0 Å². The van der Waals surface area contributed by atoms with Gasteiger partial charge in [0, 0.05) is 20.1 Å². The highest BCUT2D eigenvalue weighted by Gasteiger charge is 2.28. The summed E-state index contributed by atoms with van der Waals surface area (Å²) in [6.45, 7) is 3.39. The number of benzene rings is 1. The van der Waals surface area contributed by atoms with Gasteiger partial charge in [-0.25, -0.2) is 8.42 Å². The van der Waals surface area contributed by atoms with Crippen molar-refractivity contribution in [2.45, 2.75) is 37.5 Å². The maximum absolute atomic E-state index is 13.0. The van der Waals surface area contributed by atoms with Gasteiger partial charge in [0.2, 0.25) is 0 Å². The third-order valence-electron chi connectivity index (χ3n) is 4.75. The maximum atomic E-state index is 13.0. The molecule has 0 saturated carbocycles. The molecule has 5 nitrogen and oxygen atoms in total. The number of nitrogens with zero attached hydrogens (tertiary/aromatic N) is 2. The first-order valence-corrected chi connectivity index (χ1v) is 11.2. The molecule has 2 heterocycles. The standard InChI is InChI=1S/C19H24N2O3S2/c1-15-7-9-16(10-8-15)26(23,24)20(2)17-11-14-25-18(17)19(22)21-12-5-3-4-6-13-21/h7-11,14H,3-6,12-13H2,1-2H3. The highest BCUT2D eigenvalue weighted by atomic mass is 32.2. The van der Waals surface area contributed by atoms with Crippen LogP contribution in [0.2, 0.25) is 0 Å². The van der Waals surface area contributed by atoms with E-state index in [0.717, 1.165) is 44.3 Å². The first kappa shape index (κ1) is 18.9. The molecule has 0 unspecified atom stereocenters. The van der Waals surface area contributed by atoms with Crippen molar-refractivity contribution in [2.24, 2.45) is 0 Å². The van der Waals surface area contributed by atoms with Crippen molar-refractivity contribution in [2.75, 3.05) is 24.4 Å². The van der Waals surface area contributed by atoms with E-state index in [1.54, 1.807) is 35.7 Å². The molecule has 1 aromatic carbocycles. The van der Waals surface area contributed by atoms with Gasteiger partial charge in [0.05, 0.1) is 10.6 Å². The summed E-state index contributed by atoms with van der Waals surface area (Å²) in [7, 11) is -2.19. The Kier molecular flexibility index (Phi) is 5.67. The van der Waals surface area contributed by atoms with Crippen LogP contribution in [-0.2, 0) is 10.0 Å². The lowest BCUT2D eigenvalue weighted by Crippen LogP contribution is -2.33. The van der Waals surface area contributed by atoms with Gasteiger partial charge in [0.15, 0.2) is 0 Å². The number of hydrogen-bond donors (Lipinski definition) is 0. The summed E-state index contributed by atoms with van der Waals surface area (Å²) in [6.07, 6.45) is 4.29. The van der Waals surface area contributed by atoms with Crippen molar-refractivity contribution in [1.29, 1.82) is 0 Å². The largest absolute Gasteiger partial charge is 0.338 e. The Morgan fingerprint density at radius 3 is 2.27 bits per heavy atom. The molecule has 1 aliphatic heterocycles. The first-order chi connectivity index (χ1) is 12.4. The minimum absolute atomic E-state index is 0.0668. The van der Waals surface area contributed by atoms with E-state index >= 15 is 0 Å². The molecule has 0 N–H and O–H groups in total. The molecule has 2 aromatic rings. The van der Waals surface area contributed by atoms with Crippen molar-refractivity contribution in [3.8, 4) is 0 Å². The number of thiophene rings is 1. The predicted molar refractivity (Wildman–Crippen MR) is 105 cm³/mol. The predicted octanol–water partition coefficient (Wildman–Crippen LogP) is 3.90. The molecule has 0 radical (unpaired) electrons. The second-order valence-corrected chi connectivity index (χ2v) is 9.51. The molecule has 1 aliphatic rings. The lowest BCUT2D eigenvalue weighted by molar-refractivity contribution is 0.0767. The zero-order valence-electron chi connectivity index (χ0n) is 15.1. The molecule has 1 fully saturated rings. The van der Waals surface area contributed by atoms with E-state index in [1.165, 1.54) is 22.7 Å². The third-order valence-corrected chi connectivity index (χ3v) is 7.43. The summed E-state index contributed by atoms with van der Waals surface area (Å²) < 4.78 is 27.1. The number of carbonyl (C=O) groups is 1. The number of likely N-dealkylation sites (tertiary alicyclic amines) is 1. The fourth-order valence-electron chi connectivity index (χ4n) is 3.13. The smallest absolute Gasteiger partial charge is 0.266 e. The van der Waals surface area contributed by atoms with E-state index in [0.29, 0.717) is 10.6 Å². The van der Waals surface area contributed by atoms with Crippen LogP contribution in [0.1, 0.15) is 40.9 Å². The van der Waals surface area contributed by atoms with Crippen LogP contribution in [0.3, 0.4) is 0 Å². The van der Waals surface area contributed by atoms with Gasteiger partial charge in [-0.05, 0) is 43.3 Å². The molecule has 1 aromatic heterocycles. The Bertz CT molecular complexity index is 864. The van der Waals surface area contributed by atoms with Crippen molar-refractivity contribution < 1.29 is 13.2 Å². The van der Waals surface area contributed by atoms with E-state index in [1.807, 2.05) is 11.8 Å². The second kappa shape index (κ2) is 7.80. The van der Waals surface area contributed by atoms with Gasteiger partial charge >= 0.3 is 0 Å². The Morgan fingerprint density at radius 2 is 1.65 bits per heavy atom. The topological polar surface area (TPSA) is 57.7 Å². The number of hydrogen-bond acceptors (Lipinski definition) is 4. The molecular formula is C19H24N2O3S2.